The van der Waals surface area contributed by atoms with Gasteiger partial charge in [-0.2, -0.15) is 0 Å². The van der Waals surface area contributed by atoms with E-state index in [-0.39, 0.29) is 5.78 Å². The molecule has 2 heteroatoms. The fourth-order valence-electron chi connectivity index (χ4n) is 0.415. The summed E-state index contributed by atoms with van der Waals surface area (Å²) in [6, 6.07) is 9.97. The zero-order valence-electron chi connectivity index (χ0n) is 6.67. The largest absolute Gasteiger partial charge is 0.300 e. The third kappa shape index (κ3) is 9.37. The summed E-state index contributed by atoms with van der Waals surface area (Å²) in [5.74, 6) is 0.167. The maximum absolute atomic E-state index is 9.44. The minimum Gasteiger partial charge on any atom is -0.300 e. The number of halogens is 1. The molecule has 0 unspecified atom stereocenters. The number of ketones is 1. The Bertz CT molecular complexity index is 202. The Hall–Kier alpha value is -0.630. The van der Waals surface area contributed by atoms with Gasteiger partial charge in [0, 0.05) is 4.47 Å². The topological polar surface area (TPSA) is 17.1 Å². The highest BCUT2D eigenvalue weighted by molar-refractivity contribution is 9.10. The van der Waals surface area contributed by atoms with Gasteiger partial charge in [0.2, 0.25) is 0 Å². The number of hydrogen-bond acceptors (Lipinski definition) is 1. The van der Waals surface area contributed by atoms with E-state index < -0.39 is 0 Å². The molecule has 0 radical (unpaired) electrons. The summed E-state index contributed by atoms with van der Waals surface area (Å²) >= 11 is 3.31. The van der Waals surface area contributed by atoms with Crippen molar-refractivity contribution in [3.8, 4) is 0 Å². The highest BCUT2D eigenvalue weighted by Crippen LogP contribution is 2.05. The lowest BCUT2D eigenvalue weighted by Gasteiger charge is -1.80. The van der Waals surface area contributed by atoms with Crippen LogP contribution in [0.5, 0.6) is 0 Å². The average Bonchev–Trinajstić information content (AvgIpc) is 1.87. The van der Waals surface area contributed by atoms with Crippen molar-refractivity contribution < 1.29 is 4.79 Å². The third-order valence-corrected chi connectivity index (χ3v) is 1.26. The van der Waals surface area contributed by atoms with Crippen LogP contribution in [0.25, 0.3) is 0 Å². The van der Waals surface area contributed by atoms with Gasteiger partial charge in [-0.1, -0.05) is 34.1 Å². The normalized spacial score (nSPS) is 7.91. The standard InChI is InChI=1S/C6H5Br.C3H6O/c7-6-4-2-1-3-5-6;1-3(2)4/h1-5H;1-2H3. The van der Waals surface area contributed by atoms with E-state index in [0.717, 1.165) is 4.47 Å². The smallest absolute Gasteiger partial charge is 0.126 e. The summed E-state index contributed by atoms with van der Waals surface area (Å²) < 4.78 is 1.13. The highest BCUT2D eigenvalue weighted by Gasteiger charge is 1.74. The number of rotatable bonds is 0. The van der Waals surface area contributed by atoms with Gasteiger partial charge in [0.1, 0.15) is 5.78 Å². The first-order valence-electron chi connectivity index (χ1n) is 3.30. The van der Waals surface area contributed by atoms with Crippen molar-refractivity contribution in [2.24, 2.45) is 0 Å². The second kappa shape index (κ2) is 6.10. The molecule has 0 amide bonds. The van der Waals surface area contributed by atoms with Crippen molar-refractivity contribution in [1.82, 2.24) is 0 Å². The molecule has 0 heterocycles. The predicted octanol–water partition coefficient (Wildman–Crippen LogP) is 3.04. The minimum absolute atomic E-state index is 0.167. The van der Waals surface area contributed by atoms with E-state index in [1.807, 2.05) is 30.3 Å². The maximum Gasteiger partial charge on any atom is 0.126 e. The van der Waals surface area contributed by atoms with Crippen molar-refractivity contribution in [2.45, 2.75) is 13.8 Å². The predicted molar refractivity (Wildman–Crippen MR) is 50.5 cm³/mol. The molecule has 0 aliphatic heterocycles. The molecule has 0 atom stereocenters. The number of hydrogen-bond donors (Lipinski definition) is 0. The lowest BCUT2D eigenvalue weighted by atomic mass is 10.4. The second-order valence-electron chi connectivity index (χ2n) is 2.20. The van der Waals surface area contributed by atoms with E-state index >= 15 is 0 Å². The fraction of sp³-hybridized carbons (Fsp3) is 0.222. The molecular weight excluding hydrogens is 204 g/mol. The van der Waals surface area contributed by atoms with Gasteiger partial charge in [0.15, 0.2) is 0 Å². The molecule has 0 N–H and O–H groups in total. The van der Waals surface area contributed by atoms with Crippen LogP contribution in [0, 0.1) is 0 Å². The molecule has 0 aliphatic rings. The Labute approximate surface area is 75.6 Å². The van der Waals surface area contributed by atoms with Crippen molar-refractivity contribution in [3.05, 3.63) is 34.8 Å². The zero-order chi connectivity index (χ0) is 8.69. The lowest BCUT2D eigenvalue weighted by molar-refractivity contribution is -0.114. The van der Waals surface area contributed by atoms with Crippen molar-refractivity contribution in [3.63, 3.8) is 0 Å². The van der Waals surface area contributed by atoms with E-state index in [1.165, 1.54) is 13.8 Å². The Morgan fingerprint density at radius 1 is 1.18 bits per heavy atom. The highest BCUT2D eigenvalue weighted by atomic mass is 79.9. The number of Topliss-reactive ketones (excluding diaryl/α,β-unsaturated/α-hetero) is 1. The van der Waals surface area contributed by atoms with Crippen LogP contribution in [-0.4, -0.2) is 5.78 Å². The monoisotopic (exact) mass is 214 g/mol. The van der Waals surface area contributed by atoms with E-state index in [4.69, 9.17) is 0 Å². The molecule has 1 aromatic carbocycles. The average molecular weight is 215 g/mol. The van der Waals surface area contributed by atoms with Gasteiger partial charge in [-0.25, -0.2) is 0 Å². The van der Waals surface area contributed by atoms with E-state index in [0.29, 0.717) is 0 Å². The fourth-order valence-corrected chi connectivity index (χ4v) is 0.720. The summed E-state index contributed by atoms with van der Waals surface area (Å²) in [4.78, 5) is 9.44. The first-order valence-corrected chi connectivity index (χ1v) is 4.10. The maximum atomic E-state index is 9.44. The van der Waals surface area contributed by atoms with E-state index in [2.05, 4.69) is 15.9 Å². The van der Waals surface area contributed by atoms with Gasteiger partial charge in [-0.3, -0.25) is 0 Å². The van der Waals surface area contributed by atoms with Crippen LogP contribution < -0.4 is 0 Å². The summed E-state index contributed by atoms with van der Waals surface area (Å²) in [5.41, 5.74) is 0. The minimum atomic E-state index is 0.167. The van der Waals surface area contributed by atoms with Crippen LogP contribution in [-0.2, 0) is 4.79 Å². The first-order chi connectivity index (χ1) is 5.13. The van der Waals surface area contributed by atoms with Crippen molar-refractivity contribution >= 4 is 21.7 Å². The van der Waals surface area contributed by atoms with Crippen molar-refractivity contribution in [2.75, 3.05) is 0 Å². The Kier molecular flexibility index (Phi) is 5.75. The van der Waals surface area contributed by atoms with Gasteiger partial charge < -0.3 is 4.79 Å². The van der Waals surface area contributed by atoms with Crippen LogP contribution in [0.15, 0.2) is 34.8 Å². The molecule has 0 aliphatic carbocycles. The molecule has 0 fully saturated rings. The van der Waals surface area contributed by atoms with Gasteiger partial charge in [-0.05, 0) is 26.0 Å². The number of benzene rings is 1. The van der Waals surface area contributed by atoms with Crippen LogP contribution in [0.1, 0.15) is 13.8 Å². The van der Waals surface area contributed by atoms with Crippen LogP contribution in [0.4, 0.5) is 0 Å². The Morgan fingerprint density at radius 3 is 1.73 bits per heavy atom. The second-order valence-corrected chi connectivity index (χ2v) is 3.12. The molecule has 60 valence electrons. The van der Waals surface area contributed by atoms with Crippen molar-refractivity contribution in [1.29, 1.82) is 0 Å². The molecule has 0 aromatic heterocycles. The summed E-state index contributed by atoms with van der Waals surface area (Å²) in [5, 5.41) is 0. The third-order valence-electron chi connectivity index (χ3n) is 0.733. The van der Waals surface area contributed by atoms with Gasteiger partial charge in [0.25, 0.3) is 0 Å². The molecule has 1 rings (SSSR count). The lowest BCUT2D eigenvalue weighted by Crippen LogP contribution is -1.69. The van der Waals surface area contributed by atoms with Crippen LogP contribution >= 0.6 is 15.9 Å². The number of carbonyl (C=O) groups is 1. The van der Waals surface area contributed by atoms with E-state index in [9.17, 15) is 4.79 Å². The molecule has 0 spiro atoms. The zero-order valence-corrected chi connectivity index (χ0v) is 8.26. The molecule has 11 heavy (non-hydrogen) atoms. The van der Waals surface area contributed by atoms with Gasteiger partial charge in [-0.15, -0.1) is 0 Å². The van der Waals surface area contributed by atoms with Gasteiger partial charge >= 0.3 is 0 Å². The Balaban J connectivity index is 0.000000218. The Morgan fingerprint density at radius 2 is 1.55 bits per heavy atom. The molecule has 0 saturated heterocycles. The number of carbonyl (C=O) groups excluding carboxylic acids is 1. The quantitative estimate of drug-likeness (QED) is 0.650. The van der Waals surface area contributed by atoms with Crippen LogP contribution in [0.3, 0.4) is 0 Å². The summed E-state index contributed by atoms with van der Waals surface area (Å²) in [6.07, 6.45) is 0. The summed E-state index contributed by atoms with van der Waals surface area (Å²) in [7, 11) is 0. The molecule has 0 saturated carbocycles. The first kappa shape index (κ1) is 10.4. The molecule has 1 aromatic rings. The molecular formula is C9H11BrO. The van der Waals surface area contributed by atoms with Gasteiger partial charge in [0.05, 0.1) is 0 Å². The van der Waals surface area contributed by atoms with Crippen LogP contribution in [0.2, 0.25) is 0 Å². The van der Waals surface area contributed by atoms with E-state index in [1.54, 1.807) is 0 Å². The molecule has 1 nitrogen and oxygen atoms in total. The summed E-state index contributed by atoms with van der Waals surface area (Å²) in [6.45, 7) is 3.06. The SMILES string of the molecule is Brc1ccccc1.CC(C)=O. The molecule has 0 bridgehead atoms.